The molecule has 0 unspecified atom stereocenters. The Hall–Kier alpha value is -3.37. The summed E-state index contributed by atoms with van der Waals surface area (Å²) in [5, 5.41) is 25.6. The second-order valence-electron chi connectivity index (χ2n) is 8.95. The van der Waals surface area contributed by atoms with Crippen LogP contribution in [0.5, 0.6) is 0 Å². The van der Waals surface area contributed by atoms with Gasteiger partial charge in [-0.2, -0.15) is 0 Å². The number of benzene rings is 1. The Bertz CT molecular complexity index is 1480. The first kappa shape index (κ1) is 29.6. The summed E-state index contributed by atoms with van der Waals surface area (Å²) < 4.78 is 0. The zero-order valence-electron chi connectivity index (χ0n) is 22.2. The number of thioether (sulfide) groups is 1. The van der Waals surface area contributed by atoms with Gasteiger partial charge in [-0.05, 0) is 35.8 Å². The number of nitrogens with two attached hydrogens (primary N) is 2. The van der Waals surface area contributed by atoms with Gasteiger partial charge in [0.2, 0.25) is 5.91 Å². The molecule has 1 aromatic heterocycles. The van der Waals surface area contributed by atoms with Crippen LogP contribution in [0.4, 0.5) is 10.8 Å². The largest absolute Gasteiger partial charge is 1.00 e. The zero-order chi connectivity index (χ0) is 27.8. The first-order valence-electron chi connectivity index (χ1n) is 11.7. The number of aliphatic carboxylic acids is 1. The van der Waals surface area contributed by atoms with E-state index in [9.17, 15) is 29.5 Å². The monoisotopic (exact) mass is 593 g/mol. The standard InChI is InChI=1S/C24H23N7O6S2.Na.H/c25-14-3-1-11(2-4-14)8-30-6-5-12(20(30)33)7-13-9-38-22-17(21(34)31(22)18(13)23(35)36)28-19(32)16(29-37)15-10-39-24(26)27-15;;/h1-4,7,10,17,22,37H,5-6,8-9,25H2,(H2,26,27)(H,28,32)(H,35,36);;/q;+1;-1/b12-7+,29-16-;;/t17-,22-;;/m1../s1. The number of nitrogens with zero attached hydrogens (tertiary/aromatic N) is 4. The number of allylic oxidation sites excluding steroid dienone is 1. The number of aromatic nitrogens is 1. The van der Waals surface area contributed by atoms with E-state index >= 15 is 0 Å². The fourth-order valence-electron chi connectivity index (χ4n) is 4.58. The Balaban J connectivity index is 0.00000231. The number of nitrogen functional groups attached to an aromatic ring is 2. The average molecular weight is 594 g/mol. The Kier molecular flexibility index (Phi) is 8.90. The number of amides is 3. The van der Waals surface area contributed by atoms with Gasteiger partial charge < -0.3 is 33.4 Å². The molecular formula is C24H24N7NaO6S2. The molecule has 3 aliphatic heterocycles. The molecule has 0 bridgehead atoms. The molecule has 2 atom stereocenters. The van der Waals surface area contributed by atoms with Gasteiger partial charge in [-0.3, -0.25) is 19.3 Å². The Labute approximate surface area is 259 Å². The van der Waals surface area contributed by atoms with Crippen LogP contribution in [-0.2, 0) is 25.7 Å². The third-order valence-corrected chi connectivity index (χ3v) is 8.46. The minimum Gasteiger partial charge on any atom is -1.00 e. The van der Waals surface area contributed by atoms with Gasteiger partial charge in [-0.25, -0.2) is 9.78 Å². The van der Waals surface area contributed by atoms with Crippen molar-refractivity contribution in [2.24, 2.45) is 5.16 Å². The van der Waals surface area contributed by atoms with E-state index in [2.05, 4.69) is 15.5 Å². The van der Waals surface area contributed by atoms with Crippen LogP contribution in [0.2, 0.25) is 0 Å². The number of likely N-dealkylation sites (tertiary alicyclic amines) is 1. The molecule has 3 aliphatic rings. The van der Waals surface area contributed by atoms with Crippen LogP contribution in [0.3, 0.4) is 0 Å². The number of thiazole rings is 1. The maximum absolute atomic E-state index is 13.0. The van der Waals surface area contributed by atoms with E-state index in [-0.39, 0.29) is 59.2 Å². The van der Waals surface area contributed by atoms with Crippen molar-refractivity contribution in [3.05, 3.63) is 63.8 Å². The number of carboxylic acid groups (broad SMARTS) is 1. The van der Waals surface area contributed by atoms with Gasteiger partial charge in [0.25, 0.3) is 11.8 Å². The fourth-order valence-corrected chi connectivity index (χ4v) is 6.43. The topological polar surface area (TPSA) is 205 Å². The first-order valence-corrected chi connectivity index (χ1v) is 13.6. The summed E-state index contributed by atoms with van der Waals surface area (Å²) in [6.07, 6.45) is 2.00. The third-order valence-electron chi connectivity index (χ3n) is 6.48. The molecule has 2 saturated heterocycles. The molecule has 1 aromatic carbocycles. The Morgan fingerprint density at radius 2 is 1.98 bits per heavy atom. The second kappa shape index (κ2) is 12.0. The number of carboxylic acids is 1. The molecule has 7 N–H and O–H groups in total. The van der Waals surface area contributed by atoms with Crippen molar-refractivity contribution in [1.82, 2.24) is 20.1 Å². The van der Waals surface area contributed by atoms with E-state index in [4.69, 9.17) is 11.5 Å². The molecule has 0 spiro atoms. The maximum atomic E-state index is 13.0. The molecule has 4 heterocycles. The van der Waals surface area contributed by atoms with Gasteiger partial charge in [0.1, 0.15) is 22.8 Å². The van der Waals surface area contributed by atoms with Gasteiger partial charge in [0.05, 0.1) is 0 Å². The third kappa shape index (κ3) is 5.60. The molecule has 5 rings (SSSR count). The molecule has 0 aliphatic carbocycles. The summed E-state index contributed by atoms with van der Waals surface area (Å²) >= 11 is 2.30. The van der Waals surface area contributed by atoms with Crippen molar-refractivity contribution in [3.63, 3.8) is 0 Å². The number of nitrogens with one attached hydrogen (secondary N) is 1. The summed E-state index contributed by atoms with van der Waals surface area (Å²) in [5.41, 5.74) is 13.0. The molecule has 0 radical (unpaired) electrons. The van der Waals surface area contributed by atoms with Gasteiger partial charge in [0.15, 0.2) is 10.8 Å². The molecule has 2 fully saturated rings. The van der Waals surface area contributed by atoms with Gasteiger partial charge >= 0.3 is 35.5 Å². The number of fused-ring (bicyclic) bond motifs is 1. The minimum atomic E-state index is -1.31. The van der Waals surface area contributed by atoms with Crippen molar-refractivity contribution in [1.29, 1.82) is 0 Å². The van der Waals surface area contributed by atoms with Crippen molar-refractivity contribution < 1.29 is 60.5 Å². The summed E-state index contributed by atoms with van der Waals surface area (Å²) in [6.45, 7) is 0.882. The SMILES string of the molecule is Nc1ccc(CN2CC/C(=C\C3=C(C(=O)O)N4C(=O)[C@@H](NC(=O)/C(=N\O)c5csc(N)n5)[C@H]4SC3)C2=O)cc1.[H-].[Na+]. The van der Waals surface area contributed by atoms with Gasteiger partial charge in [-0.1, -0.05) is 17.3 Å². The van der Waals surface area contributed by atoms with Gasteiger partial charge in [0, 0.05) is 35.5 Å². The summed E-state index contributed by atoms with van der Waals surface area (Å²) in [7, 11) is 0. The second-order valence-corrected chi connectivity index (χ2v) is 10.9. The molecule has 0 saturated carbocycles. The van der Waals surface area contributed by atoms with Crippen LogP contribution in [0, 0.1) is 0 Å². The summed E-state index contributed by atoms with van der Waals surface area (Å²) in [5.74, 6) is -2.79. The van der Waals surface area contributed by atoms with E-state index < -0.39 is 34.9 Å². The molecule has 16 heteroatoms. The van der Waals surface area contributed by atoms with Crippen LogP contribution >= 0.6 is 23.1 Å². The van der Waals surface area contributed by atoms with E-state index in [1.807, 2.05) is 12.1 Å². The number of rotatable bonds is 7. The fraction of sp³-hybridized carbons (Fsp3) is 0.250. The van der Waals surface area contributed by atoms with Crippen molar-refractivity contribution in [2.45, 2.75) is 24.4 Å². The van der Waals surface area contributed by atoms with Crippen LogP contribution in [-0.4, -0.2) is 78.2 Å². The molecular weight excluding hydrogens is 569 g/mol. The van der Waals surface area contributed by atoms with Crippen molar-refractivity contribution in [2.75, 3.05) is 23.8 Å². The van der Waals surface area contributed by atoms with E-state index in [0.29, 0.717) is 36.3 Å². The van der Waals surface area contributed by atoms with Crippen molar-refractivity contribution in [3.8, 4) is 0 Å². The number of hydrogen-bond donors (Lipinski definition) is 5. The van der Waals surface area contributed by atoms with E-state index in [0.717, 1.165) is 21.8 Å². The van der Waals surface area contributed by atoms with E-state index in [1.165, 1.54) is 17.1 Å². The minimum absolute atomic E-state index is 0. The van der Waals surface area contributed by atoms with E-state index in [1.54, 1.807) is 23.1 Å². The van der Waals surface area contributed by atoms with Gasteiger partial charge in [-0.15, -0.1) is 23.1 Å². The Morgan fingerprint density at radius 3 is 2.60 bits per heavy atom. The van der Waals surface area contributed by atoms with Crippen LogP contribution in [0.1, 0.15) is 19.1 Å². The maximum Gasteiger partial charge on any atom is 1.00 e. The number of anilines is 2. The molecule has 204 valence electrons. The average Bonchev–Trinajstić information content (AvgIpc) is 3.49. The molecule has 40 heavy (non-hydrogen) atoms. The molecule has 2 aromatic rings. The number of carbonyl (C=O) groups is 4. The molecule has 3 amide bonds. The molecule has 13 nitrogen and oxygen atoms in total. The van der Waals surface area contributed by atoms with Crippen molar-refractivity contribution >= 4 is 63.3 Å². The number of oxime groups is 1. The van der Waals surface area contributed by atoms with Crippen LogP contribution in [0.25, 0.3) is 0 Å². The van der Waals surface area contributed by atoms with Crippen LogP contribution < -0.4 is 46.3 Å². The zero-order valence-corrected chi connectivity index (χ0v) is 24.9. The normalized spacial score (nSPS) is 21.7. The quantitative estimate of drug-likeness (QED) is 0.0442. The first-order chi connectivity index (χ1) is 18.7. The predicted molar refractivity (Wildman–Crippen MR) is 145 cm³/mol. The predicted octanol–water partition coefficient (Wildman–Crippen LogP) is -2.30. The summed E-state index contributed by atoms with van der Waals surface area (Å²) in [6, 6.07) is 6.18. The number of carbonyl (C=O) groups excluding carboxylic acids is 3. The smallest absolute Gasteiger partial charge is 1.00 e. The van der Waals surface area contributed by atoms with Crippen LogP contribution in [0.15, 0.2) is 57.7 Å². The number of hydrogen-bond acceptors (Lipinski definition) is 11. The number of β-lactam (4-membered cyclic amide) rings is 1. The summed E-state index contributed by atoms with van der Waals surface area (Å²) in [4.78, 5) is 57.6. The Morgan fingerprint density at radius 1 is 1.25 bits per heavy atom.